The van der Waals surface area contributed by atoms with Gasteiger partial charge in [-0.15, -0.1) is 0 Å². The first-order chi connectivity index (χ1) is 9.24. The number of nitrogens with one attached hydrogen (secondary N) is 2. The molecular weight excluding hydrogens is 353 g/mol. The van der Waals surface area contributed by atoms with Crippen LogP contribution in [-0.4, -0.2) is 15.9 Å². The topological polar surface area (TPSA) is 57.8 Å². The van der Waals surface area contributed by atoms with Gasteiger partial charge in [-0.25, -0.2) is 4.98 Å². The number of para-hydroxylation sites is 1. The standard InChI is InChI=1S/C14H10IN3O/c15-10-3-1-2-4-11(10)18-14(19)9-5-6-12-13(7-9)17-8-16-12/h1-8H,(H,16,17)(H,18,19). The minimum atomic E-state index is -0.124. The predicted molar refractivity (Wildman–Crippen MR) is 83.2 cm³/mol. The molecule has 4 nitrogen and oxygen atoms in total. The molecule has 3 aromatic rings. The Kier molecular flexibility index (Phi) is 3.20. The van der Waals surface area contributed by atoms with E-state index in [0.29, 0.717) is 5.56 Å². The van der Waals surface area contributed by atoms with E-state index in [0.717, 1.165) is 20.3 Å². The summed E-state index contributed by atoms with van der Waals surface area (Å²) < 4.78 is 1.01. The lowest BCUT2D eigenvalue weighted by Crippen LogP contribution is -2.12. The third-order valence-corrected chi connectivity index (χ3v) is 3.75. The highest BCUT2D eigenvalue weighted by atomic mass is 127. The summed E-state index contributed by atoms with van der Waals surface area (Å²) in [6.07, 6.45) is 1.62. The van der Waals surface area contributed by atoms with Crippen molar-refractivity contribution in [3.63, 3.8) is 0 Å². The number of fused-ring (bicyclic) bond motifs is 1. The molecule has 0 bridgehead atoms. The van der Waals surface area contributed by atoms with Crippen molar-refractivity contribution >= 4 is 45.2 Å². The van der Waals surface area contributed by atoms with Crippen molar-refractivity contribution in [2.75, 3.05) is 5.32 Å². The molecule has 2 N–H and O–H groups in total. The van der Waals surface area contributed by atoms with Crippen molar-refractivity contribution in [3.8, 4) is 0 Å². The Morgan fingerprint density at radius 2 is 2.05 bits per heavy atom. The van der Waals surface area contributed by atoms with Crippen LogP contribution in [-0.2, 0) is 0 Å². The quantitative estimate of drug-likeness (QED) is 0.686. The normalized spacial score (nSPS) is 10.6. The molecular formula is C14H10IN3O. The summed E-state index contributed by atoms with van der Waals surface area (Å²) in [6, 6.07) is 13.1. The molecule has 0 spiro atoms. The van der Waals surface area contributed by atoms with Crippen LogP contribution in [0.15, 0.2) is 48.8 Å². The van der Waals surface area contributed by atoms with E-state index in [4.69, 9.17) is 0 Å². The second-order valence-corrected chi connectivity index (χ2v) is 5.23. The largest absolute Gasteiger partial charge is 0.345 e. The van der Waals surface area contributed by atoms with Gasteiger partial charge in [-0.3, -0.25) is 4.79 Å². The summed E-state index contributed by atoms with van der Waals surface area (Å²) in [5.74, 6) is -0.124. The molecule has 1 heterocycles. The fraction of sp³-hybridized carbons (Fsp3) is 0. The summed E-state index contributed by atoms with van der Waals surface area (Å²) in [5, 5.41) is 2.90. The molecule has 3 rings (SSSR count). The molecule has 2 aromatic carbocycles. The van der Waals surface area contributed by atoms with Crippen molar-refractivity contribution in [2.24, 2.45) is 0 Å². The van der Waals surface area contributed by atoms with Crippen molar-refractivity contribution in [1.29, 1.82) is 0 Å². The number of H-pyrrole nitrogens is 1. The molecule has 0 fully saturated rings. The summed E-state index contributed by atoms with van der Waals surface area (Å²) in [4.78, 5) is 19.3. The Balaban J connectivity index is 1.89. The first-order valence-corrected chi connectivity index (χ1v) is 6.81. The van der Waals surface area contributed by atoms with E-state index in [1.165, 1.54) is 0 Å². The number of hydrogen-bond donors (Lipinski definition) is 2. The average Bonchev–Trinajstić information content (AvgIpc) is 2.88. The zero-order chi connectivity index (χ0) is 13.2. The Labute approximate surface area is 123 Å². The van der Waals surface area contributed by atoms with Crippen molar-refractivity contribution in [1.82, 2.24) is 9.97 Å². The van der Waals surface area contributed by atoms with Gasteiger partial charge in [0.15, 0.2) is 0 Å². The number of anilines is 1. The number of hydrogen-bond acceptors (Lipinski definition) is 2. The van der Waals surface area contributed by atoms with Gasteiger partial charge in [-0.1, -0.05) is 12.1 Å². The zero-order valence-electron chi connectivity index (χ0n) is 9.85. The smallest absolute Gasteiger partial charge is 0.255 e. The fourth-order valence-electron chi connectivity index (χ4n) is 1.83. The van der Waals surface area contributed by atoms with Gasteiger partial charge in [0.2, 0.25) is 0 Å². The molecule has 0 radical (unpaired) electrons. The van der Waals surface area contributed by atoms with Crippen LogP contribution < -0.4 is 5.32 Å². The van der Waals surface area contributed by atoms with Crippen LogP contribution in [0, 0.1) is 3.57 Å². The van der Waals surface area contributed by atoms with Crippen molar-refractivity contribution < 1.29 is 4.79 Å². The van der Waals surface area contributed by atoms with Crippen LogP contribution in [0.1, 0.15) is 10.4 Å². The summed E-state index contributed by atoms with van der Waals surface area (Å²) in [7, 11) is 0. The number of benzene rings is 2. The number of nitrogens with zero attached hydrogens (tertiary/aromatic N) is 1. The molecule has 0 saturated heterocycles. The van der Waals surface area contributed by atoms with Gasteiger partial charge in [0, 0.05) is 9.13 Å². The van der Waals surface area contributed by atoms with Gasteiger partial charge < -0.3 is 10.3 Å². The SMILES string of the molecule is O=C(Nc1ccccc1I)c1ccc2nc[nH]c2c1. The molecule has 0 aliphatic heterocycles. The second-order valence-electron chi connectivity index (χ2n) is 4.07. The molecule has 0 atom stereocenters. The van der Waals surface area contributed by atoms with Crippen LogP contribution in [0.25, 0.3) is 11.0 Å². The van der Waals surface area contributed by atoms with E-state index in [-0.39, 0.29) is 5.91 Å². The minimum absolute atomic E-state index is 0.124. The van der Waals surface area contributed by atoms with Gasteiger partial charge in [-0.2, -0.15) is 0 Å². The lowest BCUT2D eigenvalue weighted by molar-refractivity contribution is 0.102. The van der Waals surface area contributed by atoms with E-state index < -0.39 is 0 Å². The maximum atomic E-state index is 12.2. The Bertz CT molecular complexity index is 751. The summed E-state index contributed by atoms with van der Waals surface area (Å²) in [5.41, 5.74) is 3.13. The van der Waals surface area contributed by atoms with Gasteiger partial charge in [-0.05, 0) is 52.9 Å². The van der Waals surface area contributed by atoms with E-state index in [2.05, 4.69) is 37.9 Å². The minimum Gasteiger partial charge on any atom is -0.345 e. The molecule has 0 aliphatic carbocycles. The third kappa shape index (κ3) is 2.46. The van der Waals surface area contributed by atoms with Gasteiger partial charge >= 0.3 is 0 Å². The molecule has 1 aromatic heterocycles. The van der Waals surface area contributed by atoms with Crippen LogP contribution in [0.2, 0.25) is 0 Å². The highest BCUT2D eigenvalue weighted by Crippen LogP contribution is 2.19. The van der Waals surface area contributed by atoms with E-state index in [9.17, 15) is 4.79 Å². The van der Waals surface area contributed by atoms with Crippen LogP contribution in [0.4, 0.5) is 5.69 Å². The highest BCUT2D eigenvalue weighted by molar-refractivity contribution is 14.1. The molecule has 0 saturated carbocycles. The van der Waals surface area contributed by atoms with Crippen molar-refractivity contribution in [3.05, 3.63) is 57.9 Å². The number of aromatic amines is 1. The monoisotopic (exact) mass is 363 g/mol. The van der Waals surface area contributed by atoms with Gasteiger partial charge in [0.25, 0.3) is 5.91 Å². The van der Waals surface area contributed by atoms with Crippen LogP contribution in [0.3, 0.4) is 0 Å². The molecule has 0 unspecified atom stereocenters. The number of imidazole rings is 1. The summed E-state index contributed by atoms with van der Waals surface area (Å²) in [6.45, 7) is 0. The third-order valence-electron chi connectivity index (χ3n) is 2.80. The van der Waals surface area contributed by atoms with E-state index in [1.54, 1.807) is 18.5 Å². The second kappa shape index (κ2) is 5.00. The highest BCUT2D eigenvalue weighted by Gasteiger charge is 2.09. The predicted octanol–water partition coefficient (Wildman–Crippen LogP) is 3.42. The Morgan fingerprint density at radius 1 is 1.21 bits per heavy atom. The Hall–Kier alpha value is -1.89. The number of halogens is 1. The number of aromatic nitrogens is 2. The average molecular weight is 363 g/mol. The van der Waals surface area contributed by atoms with Crippen molar-refractivity contribution in [2.45, 2.75) is 0 Å². The van der Waals surface area contributed by atoms with Gasteiger partial charge in [0.05, 0.1) is 23.0 Å². The van der Waals surface area contributed by atoms with Crippen LogP contribution >= 0.6 is 22.6 Å². The number of amides is 1. The van der Waals surface area contributed by atoms with Gasteiger partial charge in [0.1, 0.15) is 0 Å². The lowest BCUT2D eigenvalue weighted by Gasteiger charge is -2.07. The molecule has 5 heteroatoms. The number of carbonyl (C=O) groups is 1. The van der Waals surface area contributed by atoms with E-state index >= 15 is 0 Å². The molecule has 19 heavy (non-hydrogen) atoms. The molecule has 1 amide bonds. The van der Waals surface area contributed by atoms with E-state index in [1.807, 2.05) is 30.3 Å². The summed E-state index contributed by atoms with van der Waals surface area (Å²) >= 11 is 2.20. The maximum absolute atomic E-state index is 12.2. The maximum Gasteiger partial charge on any atom is 0.255 e. The first-order valence-electron chi connectivity index (χ1n) is 5.73. The number of rotatable bonds is 2. The Morgan fingerprint density at radius 3 is 2.89 bits per heavy atom. The number of carbonyl (C=O) groups excluding carboxylic acids is 1. The van der Waals surface area contributed by atoms with Crippen LogP contribution in [0.5, 0.6) is 0 Å². The lowest BCUT2D eigenvalue weighted by atomic mass is 10.2. The first kappa shape index (κ1) is 12.2. The fourth-order valence-corrected chi connectivity index (χ4v) is 2.36. The zero-order valence-corrected chi connectivity index (χ0v) is 12.0. The molecule has 94 valence electrons. The molecule has 0 aliphatic rings.